The van der Waals surface area contributed by atoms with Crippen LogP contribution in [0.15, 0.2) is 125 Å². The Morgan fingerprint density at radius 2 is 1.67 bits per heavy atom. The molecule has 0 saturated carbocycles. The third kappa shape index (κ3) is 6.50. The van der Waals surface area contributed by atoms with Gasteiger partial charge in [0.05, 0.1) is 18.7 Å². The number of aromatic nitrogens is 2. The van der Waals surface area contributed by atoms with Crippen molar-refractivity contribution in [1.82, 2.24) is 10.2 Å². The van der Waals surface area contributed by atoms with Crippen molar-refractivity contribution in [3.8, 4) is 11.5 Å². The average molecular weight is 690 g/mol. The number of thioether (sulfide) groups is 1. The minimum absolute atomic E-state index is 0.0210. The number of carbonyl (C=O) groups excluding carboxylic acids is 2. The molecule has 0 radical (unpaired) electrons. The second-order valence-electron chi connectivity index (χ2n) is 11.1. The van der Waals surface area contributed by atoms with E-state index >= 15 is 0 Å². The average Bonchev–Trinajstić information content (AvgIpc) is 3.71. The maximum absolute atomic E-state index is 14.7. The first-order chi connectivity index (χ1) is 23.9. The summed E-state index contributed by atoms with van der Waals surface area (Å²) in [7, 11) is 1.33. The number of fused-ring (bicyclic) bond motifs is 1. The zero-order valence-electron chi connectivity index (χ0n) is 26.1. The van der Waals surface area contributed by atoms with E-state index in [9.17, 15) is 19.1 Å². The number of Topliss-reactive ketones (excluding diaryl/α,β-unsaturated/α-hetero) is 1. The Balaban J connectivity index is 1.22. The van der Waals surface area contributed by atoms with E-state index in [1.165, 1.54) is 47.2 Å². The van der Waals surface area contributed by atoms with E-state index in [1.807, 2.05) is 48.5 Å². The Hall–Kier alpha value is -5.52. The van der Waals surface area contributed by atoms with Gasteiger partial charge >= 0.3 is 5.91 Å². The zero-order chi connectivity index (χ0) is 33.9. The molecule has 1 aliphatic rings. The van der Waals surface area contributed by atoms with Crippen molar-refractivity contribution >= 4 is 56.5 Å². The third-order valence-electron chi connectivity index (χ3n) is 8.15. The number of halogens is 1. The first-order valence-corrected chi connectivity index (χ1v) is 17.1. The Labute approximate surface area is 289 Å². The monoisotopic (exact) mass is 689 g/mol. The van der Waals surface area contributed by atoms with Gasteiger partial charge in [-0.1, -0.05) is 108 Å². The van der Waals surface area contributed by atoms with Gasteiger partial charge in [-0.3, -0.25) is 14.5 Å². The fourth-order valence-corrected chi connectivity index (χ4v) is 7.59. The molecular weight excluding hydrogens is 662 g/mol. The largest absolute Gasteiger partial charge is 0.507 e. The molecule has 0 spiro atoms. The van der Waals surface area contributed by atoms with Crippen LogP contribution in [0.4, 0.5) is 9.52 Å². The van der Waals surface area contributed by atoms with Crippen molar-refractivity contribution in [2.75, 3.05) is 12.0 Å². The number of ether oxygens (including phenoxy) is 2. The molecule has 1 aromatic heterocycles. The Morgan fingerprint density at radius 3 is 2.45 bits per heavy atom. The number of ketones is 1. The van der Waals surface area contributed by atoms with Crippen LogP contribution in [0, 0.1) is 5.82 Å². The Morgan fingerprint density at radius 1 is 0.918 bits per heavy atom. The van der Waals surface area contributed by atoms with Crippen molar-refractivity contribution in [3.05, 3.63) is 149 Å². The molecule has 6 aromatic rings. The van der Waals surface area contributed by atoms with Crippen LogP contribution in [0.2, 0.25) is 0 Å². The number of hydrogen-bond acceptors (Lipinski definition) is 9. The fraction of sp³-hybridized carbons (Fsp3) is 0.105. The van der Waals surface area contributed by atoms with Gasteiger partial charge in [0.1, 0.15) is 18.1 Å². The number of amides is 1. The van der Waals surface area contributed by atoms with Gasteiger partial charge in [-0.05, 0) is 57.8 Å². The van der Waals surface area contributed by atoms with E-state index in [-0.39, 0.29) is 22.0 Å². The molecule has 0 aliphatic carbocycles. The predicted octanol–water partition coefficient (Wildman–Crippen LogP) is 8.34. The summed E-state index contributed by atoms with van der Waals surface area (Å²) in [6.45, 7) is 0.353. The molecule has 1 fully saturated rings. The standard InChI is InChI=1S/C38H28FN3O5S2/c1-46-31-19-16-26(20-30(31)39)34(43)32-33(25-14-17-28(18-15-25)47-21-23-8-3-2-4-9-23)42(36(45)35(32)44)37-40-41-38(49-37)48-22-27-12-7-11-24-10-5-6-13-29(24)27/h2-20,33,43H,21-22H2,1H3/t33-/m1/s1. The van der Waals surface area contributed by atoms with E-state index in [0.29, 0.717) is 28.0 Å². The molecule has 5 aromatic carbocycles. The van der Waals surface area contributed by atoms with Crippen LogP contribution in [0.1, 0.15) is 28.3 Å². The van der Waals surface area contributed by atoms with E-state index in [2.05, 4.69) is 34.5 Å². The normalized spacial score (nSPS) is 15.6. The lowest BCUT2D eigenvalue weighted by Crippen LogP contribution is -2.29. The van der Waals surface area contributed by atoms with Crippen LogP contribution in [-0.4, -0.2) is 34.1 Å². The molecule has 1 N–H and O–H groups in total. The van der Waals surface area contributed by atoms with Crippen molar-refractivity contribution in [2.24, 2.45) is 0 Å². The van der Waals surface area contributed by atoms with Gasteiger partial charge in [0.25, 0.3) is 5.78 Å². The number of carbonyl (C=O) groups is 2. The van der Waals surface area contributed by atoms with E-state index in [1.54, 1.807) is 24.3 Å². The first-order valence-electron chi connectivity index (χ1n) is 15.3. The van der Waals surface area contributed by atoms with Crippen LogP contribution in [0.5, 0.6) is 11.5 Å². The van der Waals surface area contributed by atoms with Crippen LogP contribution in [0.3, 0.4) is 0 Å². The summed E-state index contributed by atoms with van der Waals surface area (Å²) in [4.78, 5) is 28.6. The molecule has 1 aliphatic heterocycles. The second kappa shape index (κ2) is 13.9. The summed E-state index contributed by atoms with van der Waals surface area (Å²) in [5, 5.41) is 22.6. The summed E-state index contributed by atoms with van der Waals surface area (Å²) in [6.07, 6.45) is 0. The molecule has 8 nitrogen and oxygen atoms in total. The maximum Gasteiger partial charge on any atom is 0.301 e. The summed E-state index contributed by atoms with van der Waals surface area (Å²) >= 11 is 2.65. The molecule has 11 heteroatoms. The molecule has 0 unspecified atom stereocenters. The number of aliphatic hydroxyl groups excluding tert-OH is 1. The van der Waals surface area contributed by atoms with Gasteiger partial charge in [-0.2, -0.15) is 0 Å². The molecule has 244 valence electrons. The summed E-state index contributed by atoms with van der Waals surface area (Å²) in [5.74, 6) is -1.89. The molecule has 1 saturated heterocycles. The van der Waals surface area contributed by atoms with Gasteiger partial charge < -0.3 is 14.6 Å². The zero-order valence-corrected chi connectivity index (χ0v) is 27.7. The lowest BCUT2D eigenvalue weighted by Gasteiger charge is -2.22. The van der Waals surface area contributed by atoms with Crippen molar-refractivity contribution < 1.29 is 28.6 Å². The topological polar surface area (TPSA) is 102 Å². The maximum atomic E-state index is 14.7. The third-order valence-corrected chi connectivity index (χ3v) is 10.3. The quantitative estimate of drug-likeness (QED) is 0.0504. The summed E-state index contributed by atoms with van der Waals surface area (Å²) in [5.41, 5.74) is 2.46. The Bertz CT molecular complexity index is 2200. The van der Waals surface area contributed by atoms with Crippen LogP contribution >= 0.6 is 23.1 Å². The summed E-state index contributed by atoms with van der Waals surface area (Å²) < 4.78 is 26.3. The van der Waals surface area contributed by atoms with Gasteiger partial charge in [0, 0.05) is 11.3 Å². The lowest BCUT2D eigenvalue weighted by atomic mass is 9.95. The van der Waals surface area contributed by atoms with E-state index in [4.69, 9.17) is 9.47 Å². The molecule has 7 rings (SSSR count). The highest BCUT2D eigenvalue weighted by molar-refractivity contribution is 8.00. The number of methoxy groups -OCH3 is 1. The minimum atomic E-state index is -1.07. The highest BCUT2D eigenvalue weighted by atomic mass is 32.2. The van der Waals surface area contributed by atoms with Gasteiger partial charge in [0.2, 0.25) is 5.13 Å². The Kier molecular flexibility index (Phi) is 9.10. The van der Waals surface area contributed by atoms with E-state index < -0.39 is 29.3 Å². The van der Waals surface area contributed by atoms with Crippen molar-refractivity contribution in [1.29, 1.82) is 0 Å². The molecule has 2 heterocycles. The molecule has 49 heavy (non-hydrogen) atoms. The predicted molar refractivity (Wildman–Crippen MR) is 188 cm³/mol. The number of nitrogens with zero attached hydrogens (tertiary/aromatic N) is 3. The molecule has 1 atom stereocenters. The smallest absolute Gasteiger partial charge is 0.301 e. The van der Waals surface area contributed by atoms with Crippen molar-refractivity contribution in [3.63, 3.8) is 0 Å². The number of benzene rings is 5. The fourth-order valence-electron chi connectivity index (χ4n) is 5.72. The van der Waals surface area contributed by atoms with Crippen LogP contribution in [-0.2, 0) is 21.9 Å². The van der Waals surface area contributed by atoms with Gasteiger partial charge in [0.15, 0.2) is 15.9 Å². The molecule has 0 bridgehead atoms. The van der Waals surface area contributed by atoms with Crippen molar-refractivity contribution in [2.45, 2.75) is 22.7 Å². The molecular formula is C38H28FN3O5S2. The second-order valence-corrected chi connectivity index (χ2v) is 13.3. The van der Waals surface area contributed by atoms with Gasteiger partial charge in [-0.15, -0.1) is 10.2 Å². The van der Waals surface area contributed by atoms with Crippen LogP contribution in [0.25, 0.3) is 16.5 Å². The highest BCUT2D eigenvalue weighted by Gasteiger charge is 2.48. The highest BCUT2D eigenvalue weighted by Crippen LogP contribution is 2.44. The minimum Gasteiger partial charge on any atom is -0.507 e. The first kappa shape index (κ1) is 32.0. The molecule has 1 amide bonds. The van der Waals surface area contributed by atoms with Crippen LogP contribution < -0.4 is 14.4 Å². The number of rotatable bonds is 10. The lowest BCUT2D eigenvalue weighted by molar-refractivity contribution is -0.132. The van der Waals surface area contributed by atoms with Gasteiger partial charge in [-0.25, -0.2) is 4.39 Å². The number of aliphatic hydroxyl groups is 1. The number of anilines is 1. The SMILES string of the molecule is COc1ccc(C(O)=C2C(=O)C(=O)N(c3nnc(SCc4cccc5ccccc45)s3)[C@@H]2c2ccc(OCc3ccccc3)cc2)cc1F. The van der Waals surface area contributed by atoms with E-state index in [0.717, 1.165) is 28.0 Å². The number of hydrogen-bond donors (Lipinski definition) is 1. The summed E-state index contributed by atoms with van der Waals surface area (Å²) in [6, 6.07) is 33.6.